The third-order valence-electron chi connectivity index (χ3n) is 3.87. The van der Waals surface area contributed by atoms with Gasteiger partial charge in [-0.25, -0.2) is 8.78 Å². The van der Waals surface area contributed by atoms with Crippen molar-refractivity contribution in [2.45, 2.75) is 26.3 Å². The van der Waals surface area contributed by atoms with Crippen molar-refractivity contribution in [1.29, 1.82) is 0 Å². The zero-order valence-electron chi connectivity index (χ0n) is 12.1. The van der Waals surface area contributed by atoms with Crippen molar-refractivity contribution in [1.82, 2.24) is 5.32 Å². The highest BCUT2D eigenvalue weighted by Gasteiger charge is 2.32. The molecule has 1 amide bonds. The summed E-state index contributed by atoms with van der Waals surface area (Å²) in [7, 11) is 0. The number of carbonyl (C=O) groups is 1. The summed E-state index contributed by atoms with van der Waals surface area (Å²) in [5.74, 6) is -2.37. The monoisotopic (exact) mass is 287 g/mol. The number of hydrogen-bond donors (Lipinski definition) is 1. The molecule has 0 spiro atoms. The summed E-state index contributed by atoms with van der Waals surface area (Å²) in [6.45, 7) is 5.71. The fraction of sp³-hybridized carbons (Fsp3) is 0.235. The lowest BCUT2D eigenvalue weighted by atomic mass is 9.86. The van der Waals surface area contributed by atoms with Crippen molar-refractivity contribution in [2.24, 2.45) is 0 Å². The Morgan fingerprint density at radius 3 is 2.24 bits per heavy atom. The van der Waals surface area contributed by atoms with E-state index in [1.54, 1.807) is 0 Å². The van der Waals surface area contributed by atoms with Gasteiger partial charge in [0, 0.05) is 0 Å². The van der Waals surface area contributed by atoms with Gasteiger partial charge in [0.25, 0.3) is 5.91 Å². The number of hydrogen-bond acceptors (Lipinski definition) is 1. The minimum Gasteiger partial charge on any atom is -0.343 e. The Bertz CT molecular complexity index is 766. The normalized spacial score (nSPS) is 15.8. The topological polar surface area (TPSA) is 29.1 Å². The Kier molecular flexibility index (Phi) is 2.87. The summed E-state index contributed by atoms with van der Waals surface area (Å²) in [6.07, 6.45) is 0. The lowest BCUT2D eigenvalue weighted by molar-refractivity contribution is 0.0914. The first-order chi connectivity index (χ1) is 9.79. The number of nitrogens with one attached hydrogen (secondary N) is 1. The highest BCUT2D eigenvalue weighted by Crippen LogP contribution is 2.38. The smallest absolute Gasteiger partial charge is 0.252 e. The van der Waals surface area contributed by atoms with E-state index in [1.807, 2.05) is 39.0 Å². The van der Waals surface area contributed by atoms with Crippen molar-refractivity contribution in [3.8, 4) is 11.1 Å². The minimum atomic E-state index is -1.02. The molecule has 1 heterocycles. The van der Waals surface area contributed by atoms with Gasteiger partial charge in [-0.3, -0.25) is 4.79 Å². The molecule has 2 aromatic carbocycles. The number of aryl methyl sites for hydroxylation is 1. The van der Waals surface area contributed by atoms with E-state index >= 15 is 0 Å². The van der Waals surface area contributed by atoms with Crippen LogP contribution in [0.5, 0.6) is 0 Å². The van der Waals surface area contributed by atoms with Gasteiger partial charge in [0.2, 0.25) is 0 Å². The molecule has 21 heavy (non-hydrogen) atoms. The molecule has 0 aliphatic carbocycles. The summed E-state index contributed by atoms with van der Waals surface area (Å²) >= 11 is 0. The first kappa shape index (κ1) is 13.7. The second kappa shape index (κ2) is 4.38. The maximum Gasteiger partial charge on any atom is 0.252 e. The highest BCUT2D eigenvalue weighted by atomic mass is 19.2. The van der Waals surface area contributed by atoms with Gasteiger partial charge in [-0.15, -0.1) is 0 Å². The molecule has 1 aliphatic rings. The fourth-order valence-electron chi connectivity index (χ4n) is 2.79. The molecule has 3 rings (SSSR count). The predicted molar refractivity (Wildman–Crippen MR) is 77.0 cm³/mol. The highest BCUT2D eigenvalue weighted by molar-refractivity contribution is 6.03. The Morgan fingerprint density at radius 2 is 1.57 bits per heavy atom. The van der Waals surface area contributed by atoms with Gasteiger partial charge in [0.05, 0.1) is 11.1 Å². The predicted octanol–water partition coefficient (Wildman–Crippen LogP) is 3.92. The summed E-state index contributed by atoms with van der Waals surface area (Å²) in [5.41, 5.74) is 2.64. The molecule has 1 aliphatic heterocycles. The molecule has 0 aromatic heterocycles. The molecule has 0 fully saturated rings. The van der Waals surface area contributed by atoms with E-state index < -0.39 is 23.1 Å². The average molecular weight is 287 g/mol. The second-order valence-electron chi connectivity index (χ2n) is 5.94. The van der Waals surface area contributed by atoms with Gasteiger partial charge in [0.15, 0.2) is 11.6 Å². The SMILES string of the molecule is Cc1ccc2c(c1)C(C)(C)NC(=O)c1cc(F)c(F)cc1-2. The van der Waals surface area contributed by atoms with Crippen LogP contribution in [0, 0.1) is 18.6 Å². The quantitative estimate of drug-likeness (QED) is 0.782. The molecule has 1 N–H and O–H groups in total. The van der Waals surface area contributed by atoms with E-state index in [9.17, 15) is 13.6 Å². The van der Waals surface area contributed by atoms with Crippen LogP contribution in [0.2, 0.25) is 0 Å². The number of rotatable bonds is 0. The minimum absolute atomic E-state index is 0.157. The van der Waals surface area contributed by atoms with E-state index in [0.717, 1.165) is 28.8 Å². The lowest BCUT2D eigenvalue weighted by Gasteiger charge is -2.27. The summed E-state index contributed by atoms with van der Waals surface area (Å²) in [5, 5.41) is 2.88. The summed E-state index contributed by atoms with van der Waals surface area (Å²) in [4.78, 5) is 12.3. The van der Waals surface area contributed by atoms with Crippen LogP contribution in [0.4, 0.5) is 8.78 Å². The van der Waals surface area contributed by atoms with E-state index in [4.69, 9.17) is 0 Å². The van der Waals surface area contributed by atoms with Crippen molar-refractivity contribution < 1.29 is 13.6 Å². The Balaban J connectivity index is 2.40. The molecule has 0 atom stereocenters. The van der Waals surface area contributed by atoms with E-state index in [-0.39, 0.29) is 5.56 Å². The molecule has 2 aromatic rings. The molecule has 108 valence electrons. The summed E-state index contributed by atoms with van der Waals surface area (Å²) < 4.78 is 27.1. The molecule has 4 heteroatoms. The molecule has 0 saturated carbocycles. The third kappa shape index (κ3) is 2.11. The standard InChI is InChI=1S/C17H15F2NO/c1-9-4-5-10-11-7-14(18)15(19)8-12(11)16(21)20-17(2,3)13(10)6-9/h4-8H,1-3H3,(H,20,21). The molecule has 0 saturated heterocycles. The number of benzene rings is 2. The lowest BCUT2D eigenvalue weighted by Crippen LogP contribution is -2.40. The van der Waals surface area contributed by atoms with Crippen molar-refractivity contribution in [3.63, 3.8) is 0 Å². The molecule has 0 bridgehead atoms. The Morgan fingerprint density at radius 1 is 0.952 bits per heavy atom. The van der Waals surface area contributed by atoms with Crippen LogP contribution in [0.15, 0.2) is 30.3 Å². The second-order valence-corrected chi connectivity index (χ2v) is 5.94. The van der Waals surface area contributed by atoms with Crippen molar-refractivity contribution in [3.05, 3.63) is 58.7 Å². The van der Waals surface area contributed by atoms with Gasteiger partial charge < -0.3 is 5.32 Å². The number of amides is 1. The van der Waals surface area contributed by atoms with Crippen LogP contribution in [-0.2, 0) is 5.54 Å². The first-order valence-electron chi connectivity index (χ1n) is 6.72. The van der Waals surface area contributed by atoms with E-state index in [1.165, 1.54) is 0 Å². The molecule has 0 unspecified atom stereocenters. The first-order valence-corrected chi connectivity index (χ1v) is 6.72. The average Bonchev–Trinajstić information content (AvgIpc) is 2.47. The van der Waals surface area contributed by atoms with Gasteiger partial charge >= 0.3 is 0 Å². The van der Waals surface area contributed by atoms with Crippen LogP contribution < -0.4 is 5.32 Å². The third-order valence-corrected chi connectivity index (χ3v) is 3.87. The van der Waals surface area contributed by atoms with Crippen LogP contribution in [-0.4, -0.2) is 5.91 Å². The maximum atomic E-state index is 13.6. The Labute approximate surface area is 121 Å². The van der Waals surface area contributed by atoms with Crippen LogP contribution >= 0.6 is 0 Å². The van der Waals surface area contributed by atoms with Crippen molar-refractivity contribution >= 4 is 5.91 Å². The fourth-order valence-corrected chi connectivity index (χ4v) is 2.79. The molecule has 2 nitrogen and oxygen atoms in total. The van der Waals surface area contributed by atoms with Gasteiger partial charge in [0.1, 0.15) is 0 Å². The van der Waals surface area contributed by atoms with Gasteiger partial charge in [-0.2, -0.15) is 0 Å². The van der Waals surface area contributed by atoms with Crippen LogP contribution in [0.3, 0.4) is 0 Å². The zero-order valence-corrected chi connectivity index (χ0v) is 12.1. The van der Waals surface area contributed by atoms with Gasteiger partial charge in [-0.1, -0.05) is 23.8 Å². The number of fused-ring (bicyclic) bond motifs is 3. The molecular formula is C17H15F2NO. The largest absolute Gasteiger partial charge is 0.343 e. The number of halogens is 2. The molecule has 0 radical (unpaired) electrons. The van der Waals surface area contributed by atoms with Crippen LogP contribution in [0.25, 0.3) is 11.1 Å². The van der Waals surface area contributed by atoms with Crippen LogP contribution in [0.1, 0.15) is 35.3 Å². The van der Waals surface area contributed by atoms with E-state index in [2.05, 4.69) is 5.32 Å². The summed E-state index contributed by atoms with van der Waals surface area (Å²) in [6, 6.07) is 7.77. The zero-order chi connectivity index (χ0) is 15.4. The van der Waals surface area contributed by atoms with E-state index in [0.29, 0.717) is 5.56 Å². The maximum absolute atomic E-state index is 13.6. The number of carbonyl (C=O) groups excluding carboxylic acids is 1. The van der Waals surface area contributed by atoms with Crippen molar-refractivity contribution in [2.75, 3.05) is 0 Å². The Hall–Kier alpha value is -2.23. The molecular weight excluding hydrogens is 272 g/mol. The van der Waals surface area contributed by atoms with Gasteiger partial charge in [-0.05, 0) is 49.6 Å².